The molecular weight excluding hydrogens is 318 g/mol. The van der Waals surface area contributed by atoms with Gasteiger partial charge in [-0.25, -0.2) is 18.1 Å². The largest absolute Gasteiger partial charge is 0.481 e. The highest BCUT2D eigenvalue weighted by molar-refractivity contribution is 7.89. The minimum atomic E-state index is -3.51. The van der Waals surface area contributed by atoms with Crippen LogP contribution < -0.4 is 9.62 Å². The van der Waals surface area contributed by atoms with Gasteiger partial charge < -0.3 is 10.0 Å². The minimum absolute atomic E-state index is 0.147. The standard InChI is InChI=1S/C15H21N3O4S/c19-15(20)12-2-1-7-18(10-12)14-6-5-13(9-16-14)23(21,22)17-8-11-3-4-11/h5-6,9,11-12,17H,1-4,7-8,10H2,(H,19,20). The molecule has 126 valence electrons. The van der Waals surface area contributed by atoms with Gasteiger partial charge in [0.1, 0.15) is 10.7 Å². The lowest BCUT2D eigenvalue weighted by atomic mass is 9.98. The van der Waals surface area contributed by atoms with Crippen molar-refractivity contribution < 1.29 is 18.3 Å². The molecule has 2 N–H and O–H groups in total. The van der Waals surface area contributed by atoms with Crippen LogP contribution in [-0.4, -0.2) is 44.1 Å². The van der Waals surface area contributed by atoms with E-state index < -0.39 is 21.9 Å². The molecule has 1 atom stereocenters. The summed E-state index contributed by atoms with van der Waals surface area (Å²) in [4.78, 5) is 17.4. The van der Waals surface area contributed by atoms with Crippen molar-refractivity contribution in [1.29, 1.82) is 0 Å². The van der Waals surface area contributed by atoms with Gasteiger partial charge >= 0.3 is 5.97 Å². The minimum Gasteiger partial charge on any atom is -0.481 e. The van der Waals surface area contributed by atoms with E-state index in [9.17, 15) is 13.2 Å². The van der Waals surface area contributed by atoms with Gasteiger partial charge in [-0.15, -0.1) is 0 Å². The average molecular weight is 339 g/mol. The normalized spacial score (nSPS) is 22.1. The van der Waals surface area contributed by atoms with E-state index >= 15 is 0 Å². The van der Waals surface area contributed by atoms with Gasteiger partial charge in [0, 0.05) is 25.8 Å². The number of pyridine rings is 1. The Bertz CT molecular complexity index is 670. The molecule has 1 aromatic rings. The Kier molecular flexibility index (Phi) is 4.54. The van der Waals surface area contributed by atoms with Crippen molar-refractivity contribution in [1.82, 2.24) is 9.71 Å². The van der Waals surface area contributed by atoms with Gasteiger partial charge in [0.2, 0.25) is 10.0 Å². The van der Waals surface area contributed by atoms with Gasteiger partial charge in [-0.05, 0) is 43.7 Å². The van der Waals surface area contributed by atoms with Crippen molar-refractivity contribution >= 4 is 21.8 Å². The molecule has 1 aliphatic heterocycles. The Labute approximate surface area is 135 Å². The van der Waals surface area contributed by atoms with Crippen molar-refractivity contribution in [3.8, 4) is 0 Å². The second-order valence-corrected chi connectivity index (χ2v) is 8.04. The number of carboxylic acid groups (broad SMARTS) is 1. The average Bonchev–Trinajstić information content (AvgIpc) is 3.38. The summed E-state index contributed by atoms with van der Waals surface area (Å²) in [5, 5.41) is 9.13. The third kappa shape index (κ3) is 4.00. The number of rotatable bonds is 6. The Morgan fingerprint density at radius 2 is 2.13 bits per heavy atom. The summed E-state index contributed by atoms with van der Waals surface area (Å²) in [7, 11) is -3.51. The third-order valence-corrected chi connectivity index (χ3v) is 5.79. The summed E-state index contributed by atoms with van der Waals surface area (Å²) in [6.07, 6.45) is 4.97. The van der Waals surface area contributed by atoms with Crippen LogP contribution in [0, 0.1) is 11.8 Å². The second-order valence-electron chi connectivity index (χ2n) is 6.27. The van der Waals surface area contributed by atoms with Crippen molar-refractivity contribution in [2.45, 2.75) is 30.6 Å². The number of nitrogens with one attached hydrogen (secondary N) is 1. The lowest BCUT2D eigenvalue weighted by Crippen LogP contribution is -2.39. The van der Waals surface area contributed by atoms with Gasteiger partial charge in [0.15, 0.2) is 0 Å². The number of piperidine rings is 1. The third-order valence-electron chi connectivity index (χ3n) is 4.38. The van der Waals surface area contributed by atoms with Gasteiger partial charge in [-0.2, -0.15) is 0 Å². The molecule has 1 unspecified atom stereocenters. The fourth-order valence-corrected chi connectivity index (χ4v) is 3.80. The van der Waals surface area contributed by atoms with Crippen LogP contribution in [0.5, 0.6) is 0 Å². The number of carboxylic acids is 1. The number of aromatic nitrogens is 1. The zero-order valence-corrected chi connectivity index (χ0v) is 13.6. The van der Waals surface area contributed by atoms with Crippen LogP contribution in [0.1, 0.15) is 25.7 Å². The topological polar surface area (TPSA) is 99.6 Å². The Morgan fingerprint density at radius 1 is 1.35 bits per heavy atom. The SMILES string of the molecule is O=C(O)C1CCCN(c2ccc(S(=O)(=O)NCC3CC3)cn2)C1. The van der Waals surface area contributed by atoms with Crippen LogP contribution in [-0.2, 0) is 14.8 Å². The van der Waals surface area contributed by atoms with Gasteiger partial charge in [-0.3, -0.25) is 4.79 Å². The maximum Gasteiger partial charge on any atom is 0.308 e. The number of sulfonamides is 1. The molecule has 23 heavy (non-hydrogen) atoms. The molecule has 8 heteroatoms. The Hall–Kier alpha value is -1.67. The van der Waals surface area contributed by atoms with Crippen LogP contribution in [0.2, 0.25) is 0 Å². The maximum atomic E-state index is 12.2. The number of aliphatic carboxylic acids is 1. The predicted octanol–water partition coefficient (Wildman–Crippen LogP) is 1.07. The summed E-state index contributed by atoms with van der Waals surface area (Å²) in [6.45, 7) is 1.63. The molecule has 2 aliphatic rings. The first-order chi connectivity index (χ1) is 11.0. The van der Waals surface area contributed by atoms with Gasteiger partial charge in [0.25, 0.3) is 0 Å². The fourth-order valence-electron chi connectivity index (χ4n) is 2.74. The van der Waals surface area contributed by atoms with Crippen LogP contribution in [0.25, 0.3) is 0 Å². The zero-order chi connectivity index (χ0) is 16.4. The lowest BCUT2D eigenvalue weighted by Gasteiger charge is -2.31. The molecule has 1 saturated carbocycles. The van der Waals surface area contributed by atoms with Gasteiger partial charge in [-0.1, -0.05) is 0 Å². The summed E-state index contributed by atoms with van der Waals surface area (Å²) in [6, 6.07) is 3.18. The molecule has 0 spiro atoms. The molecule has 0 amide bonds. The van der Waals surface area contributed by atoms with Crippen LogP contribution in [0.4, 0.5) is 5.82 Å². The second kappa shape index (κ2) is 6.45. The van der Waals surface area contributed by atoms with Crippen molar-refractivity contribution in [2.75, 3.05) is 24.5 Å². The van der Waals surface area contributed by atoms with E-state index in [2.05, 4.69) is 9.71 Å². The maximum absolute atomic E-state index is 12.2. The molecule has 2 heterocycles. The molecular formula is C15H21N3O4S. The summed E-state index contributed by atoms with van der Waals surface area (Å²) < 4.78 is 26.9. The summed E-state index contributed by atoms with van der Waals surface area (Å²) in [5.41, 5.74) is 0. The molecule has 1 aliphatic carbocycles. The first kappa shape index (κ1) is 16.2. The molecule has 2 fully saturated rings. The molecule has 1 aromatic heterocycles. The summed E-state index contributed by atoms with van der Waals surface area (Å²) in [5.74, 6) is -0.0947. The lowest BCUT2D eigenvalue weighted by molar-refractivity contribution is -0.141. The van der Waals surface area contributed by atoms with Crippen LogP contribution in [0.3, 0.4) is 0 Å². The van der Waals surface area contributed by atoms with E-state index in [0.717, 1.165) is 25.8 Å². The highest BCUT2D eigenvalue weighted by atomic mass is 32.2. The fraction of sp³-hybridized carbons (Fsp3) is 0.600. The highest BCUT2D eigenvalue weighted by Crippen LogP contribution is 2.28. The van der Waals surface area contributed by atoms with Gasteiger partial charge in [0.05, 0.1) is 5.92 Å². The van der Waals surface area contributed by atoms with E-state index in [1.54, 1.807) is 6.07 Å². The molecule has 0 bridgehead atoms. The summed E-state index contributed by atoms with van der Waals surface area (Å²) >= 11 is 0. The van der Waals surface area contributed by atoms with Crippen molar-refractivity contribution in [2.24, 2.45) is 11.8 Å². The molecule has 7 nitrogen and oxygen atoms in total. The number of anilines is 1. The number of carbonyl (C=O) groups is 1. The first-order valence-corrected chi connectivity index (χ1v) is 9.37. The number of hydrogen-bond donors (Lipinski definition) is 2. The van der Waals surface area contributed by atoms with Crippen LogP contribution in [0.15, 0.2) is 23.2 Å². The monoisotopic (exact) mass is 339 g/mol. The van der Waals surface area contributed by atoms with E-state index in [0.29, 0.717) is 31.2 Å². The number of nitrogens with zero attached hydrogens (tertiary/aromatic N) is 2. The van der Waals surface area contributed by atoms with Crippen LogP contribution >= 0.6 is 0 Å². The molecule has 0 aromatic carbocycles. The van der Waals surface area contributed by atoms with E-state index in [1.807, 2.05) is 4.90 Å². The smallest absolute Gasteiger partial charge is 0.308 e. The molecule has 3 rings (SSSR count). The van der Waals surface area contributed by atoms with Crippen molar-refractivity contribution in [3.05, 3.63) is 18.3 Å². The van der Waals surface area contributed by atoms with E-state index in [1.165, 1.54) is 12.3 Å². The zero-order valence-electron chi connectivity index (χ0n) is 12.8. The van der Waals surface area contributed by atoms with Crippen molar-refractivity contribution in [3.63, 3.8) is 0 Å². The molecule has 1 saturated heterocycles. The Balaban J connectivity index is 1.67. The molecule has 0 radical (unpaired) electrons. The van der Waals surface area contributed by atoms with E-state index in [-0.39, 0.29) is 4.90 Å². The highest BCUT2D eigenvalue weighted by Gasteiger charge is 2.27. The quantitative estimate of drug-likeness (QED) is 0.804. The van der Waals surface area contributed by atoms with E-state index in [4.69, 9.17) is 5.11 Å². The Morgan fingerprint density at radius 3 is 2.74 bits per heavy atom. The predicted molar refractivity (Wildman–Crippen MR) is 84.7 cm³/mol. The first-order valence-electron chi connectivity index (χ1n) is 7.89. The number of hydrogen-bond acceptors (Lipinski definition) is 5.